The number of carbonyl (C=O) groups excluding carboxylic acids is 3. The van der Waals surface area contributed by atoms with Crippen LogP contribution in [0.15, 0.2) is 24.3 Å². The molecule has 1 aliphatic rings. The van der Waals surface area contributed by atoms with E-state index in [0.717, 1.165) is 54.3 Å². The quantitative estimate of drug-likeness (QED) is 0.640. The fourth-order valence-electron chi connectivity index (χ4n) is 3.33. The Kier molecular flexibility index (Phi) is 5.69. The average Bonchev–Trinajstić information content (AvgIpc) is 2.90. The van der Waals surface area contributed by atoms with E-state index in [1.807, 2.05) is 24.3 Å². The summed E-state index contributed by atoms with van der Waals surface area (Å²) in [6.45, 7) is 1.44. The molecule has 0 saturated heterocycles. The van der Waals surface area contributed by atoms with E-state index in [4.69, 9.17) is 9.72 Å². The topological polar surface area (TPSA) is 97.4 Å². The average molecular weight is 369 g/mol. The molecule has 0 spiro atoms. The zero-order valence-electron chi connectivity index (χ0n) is 15.5. The van der Waals surface area contributed by atoms with Gasteiger partial charge in [0.05, 0.1) is 11.1 Å². The van der Waals surface area contributed by atoms with Crippen LogP contribution in [0.2, 0.25) is 0 Å². The number of nitrogens with zero attached hydrogens (tertiary/aromatic N) is 1. The van der Waals surface area contributed by atoms with Gasteiger partial charge in [-0.05, 0) is 44.2 Å². The van der Waals surface area contributed by atoms with Crippen LogP contribution in [0.1, 0.15) is 47.8 Å². The Hall–Kier alpha value is -2.96. The Balaban J connectivity index is 1.95. The SMILES string of the molecule is CNC(=O)NC(=O)C(C)OC(=O)c1c2c(nc3ccccc13)CCCCC2. The maximum absolute atomic E-state index is 13.0. The van der Waals surface area contributed by atoms with Crippen molar-refractivity contribution >= 4 is 28.8 Å². The number of benzene rings is 1. The molecule has 0 saturated carbocycles. The second kappa shape index (κ2) is 8.16. The lowest BCUT2D eigenvalue weighted by Gasteiger charge is -2.17. The minimum atomic E-state index is -1.09. The molecule has 142 valence electrons. The van der Waals surface area contributed by atoms with Gasteiger partial charge in [-0.2, -0.15) is 0 Å². The van der Waals surface area contributed by atoms with Crippen LogP contribution < -0.4 is 10.6 Å². The number of amides is 3. The van der Waals surface area contributed by atoms with Crippen LogP contribution >= 0.6 is 0 Å². The fraction of sp³-hybridized carbons (Fsp3) is 0.400. The molecule has 1 aliphatic carbocycles. The molecule has 27 heavy (non-hydrogen) atoms. The van der Waals surface area contributed by atoms with Crippen molar-refractivity contribution in [3.63, 3.8) is 0 Å². The van der Waals surface area contributed by atoms with Crippen molar-refractivity contribution in [1.82, 2.24) is 15.6 Å². The molecule has 0 bridgehead atoms. The minimum Gasteiger partial charge on any atom is -0.449 e. The van der Waals surface area contributed by atoms with Crippen LogP contribution in [0.3, 0.4) is 0 Å². The lowest BCUT2D eigenvalue weighted by Crippen LogP contribution is -2.43. The number of hydrogen-bond donors (Lipinski definition) is 2. The van der Waals surface area contributed by atoms with Crippen molar-refractivity contribution in [2.75, 3.05) is 7.05 Å². The summed E-state index contributed by atoms with van der Waals surface area (Å²) in [6, 6.07) is 6.81. The lowest BCUT2D eigenvalue weighted by atomic mass is 9.97. The largest absolute Gasteiger partial charge is 0.449 e. The second-order valence-corrected chi connectivity index (χ2v) is 6.61. The summed E-state index contributed by atoms with van der Waals surface area (Å²) in [4.78, 5) is 41.0. The van der Waals surface area contributed by atoms with E-state index >= 15 is 0 Å². The molecule has 0 fully saturated rings. The Morgan fingerprint density at radius 2 is 1.85 bits per heavy atom. The van der Waals surface area contributed by atoms with Crippen molar-refractivity contribution < 1.29 is 19.1 Å². The Labute approximate surface area is 157 Å². The third-order valence-electron chi connectivity index (χ3n) is 4.74. The number of esters is 1. The second-order valence-electron chi connectivity index (χ2n) is 6.61. The highest BCUT2D eigenvalue weighted by atomic mass is 16.5. The molecule has 1 atom stereocenters. The van der Waals surface area contributed by atoms with Gasteiger partial charge in [0.15, 0.2) is 6.10 Å². The van der Waals surface area contributed by atoms with Gasteiger partial charge in [-0.25, -0.2) is 9.59 Å². The van der Waals surface area contributed by atoms with Gasteiger partial charge in [0.1, 0.15) is 0 Å². The van der Waals surface area contributed by atoms with Gasteiger partial charge in [-0.15, -0.1) is 0 Å². The molecule has 3 rings (SSSR count). The third kappa shape index (κ3) is 4.07. The number of rotatable bonds is 3. The predicted molar refractivity (Wildman–Crippen MR) is 100 cm³/mol. The number of fused-ring (bicyclic) bond motifs is 2. The van der Waals surface area contributed by atoms with Crippen LogP contribution in [0.4, 0.5) is 4.79 Å². The Bertz CT molecular complexity index is 894. The molecule has 7 heteroatoms. The summed E-state index contributed by atoms with van der Waals surface area (Å²) < 4.78 is 5.40. The molecule has 1 aromatic heterocycles. The van der Waals surface area contributed by atoms with E-state index in [1.54, 1.807) is 0 Å². The lowest BCUT2D eigenvalue weighted by molar-refractivity contribution is -0.127. The fourth-order valence-corrected chi connectivity index (χ4v) is 3.33. The highest BCUT2D eigenvalue weighted by Gasteiger charge is 2.26. The highest BCUT2D eigenvalue weighted by Crippen LogP contribution is 2.29. The van der Waals surface area contributed by atoms with Crippen molar-refractivity contribution in [2.24, 2.45) is 0 Å². The first-order valence-electron chi connectivity index (χ1n) is 9.15. The monoisotopic (exact) mass is 369 g/mol. The summed E-state index contributed by atoms with van der Waals surface area (Å²) in [6.07, 6.45) is 3.61. The van der Waals surface area contributed by atoms with Crippen molar-refractivity contribution in [3.05, 3.63) is 41.1 Å². The molecule has 2 aromatic rings. The predicted octanol–water partition coefficient (Wildman–Crippen LogP) is 2.50. The molecule has 0 radical (unpaired) electrons. The van der Waals surface area contributed by atoms with Gasteiger partial charge in [-0.3, -0.25) is 15.1 Å². The number of imide groups is 1. The molecule has 2 N–H and O–H groups in total. The smallest absolute Gasteiger partial charge is 0.339 e. The summed E-state index contributed by atoms with van der Waals surface area (Å²) in [5.41, 5.74) is 3.07. The van der Waals surface area contributed by atoms with E-state index in [2.05, 4.69) is 10.6 Å². The van der Waals surface area contributed by atoms with E-state index in [1.165, 1.54) is 14.0 Å². The van der Waals surface area contributed by atoms with E-state index < -0.39 is 24.0 Å². The summed E-state index contributed by atoms with van der Waals surface area (Å²) in [5, 5.41) is 5.13. The van der Waals surface area contributed by atoms with Crippen LogP contribution in [-0.4, -0.2) is 36.0 Å². The number of ether oxygens (including phenoxy) is 1. The van der Waals surface area contributed by atoms with Gasteiger partial charge in [0.25, 0.3) is 5.91 Å². The molecular formula is C20H23N3O4. The number of para-hydroxylation sites is 1. The summed E-state index contributed by atoms with van der Waals surface area (Å²) in [5.74, 6) is -1.24. The van der Waals surface area contributed by atoms with Crippen LogP contribution in [-0.2, 0) is 22.4 Å². The number of aromatic nitrogens is 1. The van der Waals surface area contributed by atoms with Gasteiger partial charge in [0.2, 0.25) is 0 Å². The van der Waals surface area contributed by atoms with E-state index in [9.17, 15) is 14.4 Å². The Morgan fingerprint density at radius 3 is 2.63 bits per heavy atom. The number of carbonyl (C=O) groups is 3. The van der Waals surface area contributed by atoms with Gasteiger partial charge in [0, 0.05) is 18.1 Å². The van der Waals surface area contributed by atoms with Crippen LogP contribution in [0, 0.1) is 0 Å². The number of nitrogens with one attached hydrogen (secondary N) is 2. The molecule has 7 nitrogen and oxygen atoms in total. The molecule has 1 aromatic carbocycles. The van der Waals surface area contributed by atoms with Crippen LogP contribution in [0.5, 0.6) is 0 Å². The molecule has 1 unspecified atom stereocenters. The zero-order valence-corrected chi connectivity index (χ0v) is 15.5. The normalized spacial score (nSPS) is 14.6. The highest BCUT2D eigenvalue weighted by molar-refractivity contribution is 6.06. The van der Waals surface area contributed by atoms with Crippen LogP contribution in [0.25, 0.3) is 10.9 Å². The first kappa shape index (κ1) is 18.8. The van der Waals surface area contributed by atoms with Gasteiger partial charge >= 0.3 is 12.0 Å². The number of urea groups is 1. The molecule has 1 heterocycles. The number of pyridine rings is 1. The maximum atomic E-state index is 13.0. The van der Waals surface area contributed by atoms with E-state index in [-0.39, 0.29) is 0 Å². The molecular weight excluding hydrogens is 346 g/mol. The van der Waals surface area contributed by atoms with Gasteiger partial charge < -0.3 is 10.1 Å². The Morgan fingerprint density at radius 1 is 1.11 bits per heavy atom. The van der Waals surface area contributed by atoms with E-state index in [0.29, 0.717) is 5.56 Å². The maximum Gasteiger partial charge on any atom is 0.339 e. The molecule has 0 aliphatic heterocycles. The molecule has 3 amide bonds. The number of hydrogen-bond acceptors (Lipinski definition) is 5. The summed E-state index contributed by atoms with van der Waals surface area (Å²) in [7, 11) is 1.40. The first-order chi connectivity index (χ1) is 13.0. The van der Waals surface area contributed by atoms with Crippen molar-refractivity contribution in [2.45, 2.75) is 45.1 Å². The van der Waals surface area contributed by atoms with Gasteiger partial charge in [-0.1, -0.05) is 24.6 Å². The zero-order chi connectivity index (χ0) is 19.4. The minimum absolute atomic E-state index is 0.483. The van der Waals surface area contributed by atoms with Crippen molar-refractivity contribution in [3.8, 4) is 0 Å². The van der Waals surface area contributed by atoms with Crippen molar-refractivity contribution in [1.29, 1.82) is 0 Å². The first-order valence-corrected chi connectivity index (χ1v) is 9.15. The number of aryl methyl sites for hydroxylation is 1. The standard InChI is InChI=1S/C20H23N3O4/c1-12(18(24)23-20(26)21-2)27-19(25)17-13-8-4-3-5-10-15(13)22-16-11-7-6-9-14(16)17/h6-7,9,11-12H,3-5,8,10H2,1-2H3,(H2,21,23,24,26). The third-order valence-corrected chi connectivity index (χ3v) is 4.74. The summed E-state index contributed by atoms with van der Waals surface area (Å²) >= 11 is 0.